The number of nitrogens with one attached hydrogen (secondary N) is 1. The molecule has 0 unspecified atom stereocenters. The lowest BCUT2D eigenvalue weighted by molar-refractivity contribution is 0.102. The van der Waals surface area contributed by atoms with Crippen molar-refractivity contribution in [3.63, 3.8) is 0 Å². The summed E-state index contributed by atoms with van der Waals surface area (Å²) in [5, 5.41) is 3.22. The Kier molecular flexibility index (Phi) is 4.12. The average Bonchev–Trinajstić information content (AvgIpc) is 2.36. The Bertz CT molecular complexity index is 643. The van der Waals surface area contributed by atoms with Crippen LogP contribution in [0.25, 0.3) is 0 Å². The predicted molar refractivity (Wildman–Crippen MR) is 82.7 cm³/mol. The largest absolute Gasteiger partial charge is 0.399 e. The number of anilines is 2. The molecule has 0 aliphatic rings. The topological polar surface area (TPSA) is 55.1 Å². The third-order valence-electron chi connectivity index (χ3n) is 2.69. The molecule has 0 saturated heterocycles. The fourth-order valence-electron chi connectivity index (χ4n) is 1.70. The third kappa shape index (κ3) is 3.08. The van der Waals surface area contributed by atoms with Crippen molar-refractivity contribution in [2.24, 2.45) is 0 Å². The first-order valence-electron chi connectivity index (χ1n) is 5.60. The molecule has 5 heteroatoms. The molecule has 98 valence electrons. The maximum atomic E-state index is 12.2. The fraction of sp³-hybridized carbons (Fsp3) is 0.0714. The van der Waals surface area contributed by atoms with Crippen molar-refractivity contribution in [2.45, 2.75) is 6.92 Å². The lowest BCUT2D eigenvalue weighted by Gasteiger charge is -2.10. The first kappa shape index (κ1) is 13.9. The molecule has 1 amide bonds. The molecule has 2 rings (SSSR count). The van der Waals surface area contributed by atoms with E-state index in [9.17, 15) is 4.79 Å². The van der Waals surface area contributed by atoms with E-state index in [1.54, 1.807) is 36.4 Å². The van der Waals surface area contributed by atoms with E-state index >= 15 is 0 Å². The molecule has 0 saturated carbocycles. The van der Waals surface area contributed by atoms with Crippen molar-refractivity contribution < 1.29 is 4.79 Å². The van der Waals surface area contributed by atoms with Gasteiger partial charge in [-0.25, -0.2) is 0 Å². The van der Waals surface area contributed by atoms with Crippen LogP contribution in [0.4, 0.5) is 11.4 Å². The van der Waals surface area contributed by atoms with E-state index < -0.39 is 0 Å². The number of carbonyl (C=O) groups excluding carboxylic acids is 1. The zero-order chi connectivity index (χ0) is 14.0. The van der Waals surface area contributed by atoms with Crippen molar-refractivity contribution in [3.8, 4) is 0 Å². The molecule has 0 radical (unpaired) electrons. The Labute approximate surface area is 124 Å². The lowest BCUT2D eigenvalue weighted by atomic mass is 10.1. The van der Waals surface area contributed by atoms with E-state index in [2.05, 4.69) is 21.2 Å². The van der Waals surface area contributed by atoms with Gasteiger partial charge in [0.15, 0.2) is 0 Å². The monoisotopic (exact) mass is 338 g/mol. The molecule has 2 aromatic carbocycles. The predicted octanol–water partition coefficient (Wildman–Crippen LogP) is 4.25. The SMILES string of the molecule is Cc1cc(N)ccc1NC(=O)c1cccc(Br)c1Cl. The van der Waals surface area contributed by atoms with Gasteiger partial charge in [0.1, 0.15) is 0 Å². The maximum absolute atomic E-state index is 12.2. The zero-order valence-corrected chi connectivity index (χ0v) is 12.5. The second-order valence-electron chi connectivity index (χ2n) is 4.13. The molecule has 0 aliphatic carbocycles. The summed E-state index contributed by atoms with van der Waals surface area (Å²) >= 11 is 9.39. The minimum atomic E-state index is -0.251. The second-order valence-corrected chi connectivity index (χ2v) is 5.36. The molecular weight excluding hydrogens is 328 g/mol. The lowest BCUT2D eigenvalue weighted by Crippen LogP contribution is -2.13. The number of halogens is 2. The number of benzene rings is 2. The van der Waals surface area contributed by atoms with Crippen LogP contribution in [0, 0.1) is 6.92 Å². The van der Waals surface area contributed by atoms with E-state index in [0.717, 1.165) is 11.3 Å². The summed E-state index contributed by atoms with van der Waals surface area (Å²) in [5.41, 5.74) is 8.38. The van der Waals surface area contributed by atoms with E-state index in [-0.39, 0.29) is 5.91 Å². The number of nitrogens with two attached hydrogens (primary N) is 1. The molecule has 0 heterocycles. The van der Waals surface area contributed by atoms with E-state index in [4.69, 9.17) is 17.3 Å². The van der Waals surface area contributed by atoms with Crippen molar-refractivity contribution in [2.75, 3.05) is 11.1 Å². The number of hydrogen-bond acceptors (Lipinski definition) is 2. The average molecular weight is 340 g/mol. The van der Waals surface area contributed by atoms with E-state index in [0.29, 0.717) is 20.7 Å². The van der Waals surface area contributed by atoms with Gasteiger partial charge in [0, 0.05) is 15.8 Å². The summed E-state index contributed by atoms with van der Waals surface area (Å²) in [4.78, 5) is 12.2. The number of rotatable bonds is 2. The number of carbonyl (C=O) groups is 1. The molecular formula is C14H12BrClN2O. The molecule has 2 aromatic rings. The van der Waals surface area contributed by atoms with E-state index in [1.165, 1.54) is 0 Å². The maximum Gasteiger partial charge on any atom is 0.257 e. The van der Waals surface area contributed by atoms with Crippen LogP contribution in [0.5, 0.6) is 0 Å². The highest BCUT2D eigenvalue weighted by atomic mass is 79.9. The molecule has 0 atom stereocenters. The highest BCUT2D eigenvalue weighted by molar-refractivity contribution is 9.10. The number of nitrogen functional groups attached to an aromatic ring is 1. The summed E-state index contributed by atoms with van der Waals surface area (Å²) in [6.45, 7) is 1.88. The minimum absolute atomic E-state index is 0.251. The summed E-state index contributed by atoms with van der Waals surface area (Å²) in [6, 6.07) is 10.5. The van der Waals surface area contributed by atoms with Gasteiger partial charge in [0.25, 0.3) is 5.91 Å². The van der Waals surface area contributed by atoms with Crippen LogP contribution in [0.15, 0.2) is 40.9 Å². The molecule has 0 aliphatic heterocycles. The van der Waals surface area contributed by atoms with Crippen LogP contribution in [0.3, 0.4) is 0 Å². The molecule has 0 spiro atoms. The normalized spacial score (nSPS) is 10.3. The van der Waals surface area contributed by atoms with Crippen molar-refractivity contribution >= 4 is 44.8 Å². The molecule has 3 nitrogen and oxygen atoms in total. The first-order chi connectivity index (χ1) is 8.99. The van der Waals surface area contributed by atoms with Gasteiger partial charge in [-0.05, 0) is 58.7 Å². The number of aryl methyl sites for hydroxylation is 1. The quantitative estimate of drug-likeness (QED) is 0.804. The Morgan fingerprint density at radius 2 is 2.05 bits per heavy atom. The van der Waals surface area contributed by atoms with Gasteiger partial charge in [-0.15, -0.1) is 0 Å². The van der Waals surface area contributed by atoms with Crippen LogP contribution in [-0.4, -0.2) is 5.91 Å². The van der Waals surface area contributed by atoms with Gasteiger partial charge in [-0.2, -0.15) is 0 Å². The number of amides is 1. The molecule has 0 aromatic heterocycles. The zero-order valence-electron chi connectivity index (χ0n) is 10.2. The van der Waals surface area contributed by atoms with E-state index in [1.807, 2.05) is 6.92 Å². The smallest absolute Gasteiger partial charge is 0.257 e. The highest BCUT2D eigenvalue weighted by Gasteiger charge is 2.13. The molecule has 0 bridgehead atoms. The molecule has 19 heavy (non-hydrogen) atoms. The van der Waals surface area contributed by atoms with Crippen molar-refractivity contribution in [1.29, 1.82) is 0 Å². The van der Waals surface area contributed by atoms with Gasteiger partial charge in [-0.1, -0.05) is 17.7 Å². The Morgan fingerprint density at radius 1 is 1.32 bits per heavy atom. The molecule has 3 N–H and O–H groups in total. The van der Waals surface area contributed by atoms with Gasteiger partial charge in [0.2, 0.25) is 0 Å². The van der Waals surface area contributed by atoms with Gasteiger partial charge in [-0.3, -0.25) is 4.79 Å². The summed E-state index contributed by atoms with van der Waals surface area (Å²) in [7, 11) is 0. The van der Waals surface area contributed by atoms with Crippen LogP contribution in [0.2, 0.25) is 5.02 Å². The van der Waals surface area contributed by atoms with Crippen molar-refractivity contribution in [1.82, 2.24) is 0 Å². The summed E-state index contributed by atoms with van der Waals surface area (Å²) in [5.74, 6) is -0.251. The van der Waals surface area contributed by atoms with Crippen LogP contribution in [-0.2, 0) is 0 Å². The summed E-state index contributed by atoms with van der Waals surface area (Å²) in [6.07, 6.45) is 0. The van der Waals surface area contributed by atoms with Crippen LogP contribution in [0.1, 0.15) is 15.9 Å². The minimum Gasteiger partial charge on any atom is -0.399 e. The van der Waals surface area contributed by atoms with Crippen LogP contribution < -0.4 is 11.1 Å². The highest BCUT2D eigenvalue weighted by Crippen LogP contribution is 2.27. The van der Waals surface area contributed by atoms with Crippen molar-refractivity contribution in [3.05, 3.63) is 57.0 Å². The first-order valence-corrected chi connectivity index (χ1v) is 6.77. The van der Waals surface area contributed by atoms with Gasteiger partial charge in [0.05, 0.1) is 10.6 Å². The second kappa shape index (κ2) is 5.63. The standard InChI is InChI=1S/C14H12BrClN2O/c1-8-7-9(17)5-6-12(8)18-14(19)10-3-2-4-11(15)13(10)16/h2-7H,17H2,1H3,(H,18,19). The fourth-order valence-corrected chi connectivity index (χ4v) is 2.27. The molecule has 0 fully saturated rings. The van der Waals surface area contributed by atoms with Crippen LogP contribution >= 0.6 is 27.5 Å². The summed E-state index contributed by atoms with van der Waals surface area (Å²) < 4.78 is 0.691. The van der Waals surface area contributed by atoms with Gasteiger partial charge >= 0.3 is 0 Å². The Hall–Kier alpha value is -1.52. The Morgan fingerprint density at radius 3 is 2.74 bits per heavy atom. The Balaban J connectivity index is 2.28. The van der Waals surface area contributed by atoms with Gasteiger partial charge < -0.3 is 11.1 Å². The third-order valence-corrected chi connectivity index (χ3v) is 3.99. The number of hydrogen-bond donors (Lipinski definition) is 2.